The van der Waals surface area contributed by atoms with Gasteiger partial charge in [-0.05, 0) is 23.5 Å². The van der Waals surface area contributed by atoms with E-state index in [-0.39, 0.29) is 24.0 Å². The average molecular weight is 485 g/mol. The molecule has 2 unspecified atom stereocenters. The average Bonchev–Trinajstić information content (AvgIpc) is 3.15. The van der Waals surface area contributed by atoms with E-state index < -0.39 is 0 Å². The summed E-state index contributed by atoms with van der Waals surface area (Å²) >= 11 is 0. The molecule has 27 heavy (non-hydrogen) atoms. The molecule has 0 radical (unpaired) electrons. The molecule has 2 rings (SSSR count). The largest absolute Gasteiger partial charge is 0.376 e. The van der Waals surface area contributed by atoms with Gasteiger partial charge < -0.3 is 15.4 Å². The lowest BCUT2D eigenvalue weighted by atomic mass is 10.2. The smallest absolute Gasteiger partial charge is 0.190 e. The zero-order valence-electron chi connectivity index (χ0n) is 16.5. The Morgan fingerprint density at radius 1 is 1.11 bits per heavy atom. The SMILES string of the molecule is CN=C(NCC(C)COCc1ccccc1)NCC(C)Cn1cccn1.I. The van der Waals surface area contributed by atoms with Crippen LogP contribution in [-0.4, -0.2) is 42.5 Å². The number of aromatic nitrogens is 2. The summed E-state index contributed by atoms with van der Waals surface area (Å²) in [7, 11) is 1.80. The molecule has 2 N–H and O–H groups in total. The van der Waals surface area contributed by atoms with Crippen molar-refractivity contribution >= 4 is 29.9 Å². The number of ether oxygens (including phenoxy) is 1. The molecular weight excluding hydrogens is 453 g/mol. The number of hydrogen-bond donors (Lipinski definition) is 2. The Labute approximate surface area is 179 Å². The minimum absolute atomic E-state index is 0. The van der Waals surface area contributed by atoms with E-state index in [0.29, 0.717) is 25.0 Å². The molecule has 1 aromatic heterocycles. The maximum atomic E-state index is 5.79. The van der Waals surface area contributed by atoms with Crippen LogP contribution in [0.25, 0.3) is 0 Å². The number of benzene rings is 1. The first-order valence-electron chi connectivity index (χ1n) is 9.21. The third-order valence-corrected chi connectivity index (χ3v) is 4.03. The maximum absolute atomic E-state index is 5.79. The summed E-state index contributed by atoms with van der Waals surface area (Å²) in [6.07, 6.45) is 3.79. The van der Waals surface area contributed by atoms with Gasteiger partial charge in [0.15, 0.2) is 5.96 Å². The lowest BCUT2D eigenvalue weighted by molar-refractivity contribution is 0.0931. The van der Waals surface area contributed by atoms with Crippen molar-refractivity contribution in [1.29, 1.82) is 0 Å². The van der Waals surface area contributed by atoms with E-state index in [1.165, 1.54) is 5.56 Å². The van der Waals surface area contributed by atoms with Gasteiger partial charge in [0.1, 0.15) is 0 Å². The predicted molar refractivity (Wildman–Crippen MR) is 121 cm³/mol. The molecule has 0 fully saturated rings. The first-order valence-corrected chi connectivity index (χ1v) is 9.21. The molecule has 2 atom stereocenters. The van der Waals surface area contributed by atoms with E-state index in [1.54, 1.807) is 7.05 Å². The van der Waals surface area contributed by atoms with Crippen LogP contribution < -0.4 is 10.6 Å². The summed E-state index contributed by atoms with van der Waals surface area (Å²) in [6.45, 7) is 8.30. The van der Waals surface area contributed by atoms with Gasteiger partial charge in [-0.1, -0.05) is 44.2 Å². The molecule has 150 valence electrons. The fourth-order valence-corrected chi connectivity index (χ4v) is 2.57. The van der Waals surface area contributed by atoms with Crippen LogP contribution in [0.1, 0.15) is 19.4 Å². The molecular formula is C20H32IN5O. The van der Waals surface area contributed by atoms with Gasteiger partial charge in [-0.3, -0.25) is 9.67 Å². The van der Waals surface area contributed by atoms with Crippen LogP contribution in [0.3, 0.4) is 0 Å². The van der Waals surface area contributed by atoms with E-state index >= 15 is 0 Å². The minimum Gasteiger partial charge on any atom is -0.376 e. The second-order valence-electron chi connectivity index (χ2n) is 6.77. The van der Waals surface area contributed by atoms with Crippen LogP contribution >= 0.6 is 24.0 Å². The van der Waals surface area contributed by atoms with Crippen molar-refractivity contribution in [2.24, 2.45) is 16.8 Å². The van der Waals surface area contributed by atoms with Crippen molar-refractivity contribution in [2.75, 3.05) is 26.7 Å². The fraction of sp³-hybridized carbons (Fsp3) is 0.500. The lowest BCUT2D eigenvalue weighted by Crippen LogP contribution is -2.42. The molecule has 1 aromatic carbocycles. The summed E-state index contributed by atoms with van der Waals surface area (Å²) in [6, 6.07) is 12.2. The second kappa shape index (κ2) is 13.5. The van der Waals surface area contributed by atoms with Crippen LogP contribution in [0.2, 0.25) is 0 Å². The van der Waals surface area contributed by atoms with Crippen molar-refractivity contribution in [1.82, 2.24) is 20.4 Å². The van der Waals surface area contributed by atoms with Gasteiger partial charge in [0.25, 0.3) is 0 Å². The lowest BCUT2D eigenvalue weighted by Gasteiger charge is -2.18. The summed E-state index contributed by atoms with van der Waals surface area (Å²) in [4.78, 5) is 4.29. The summed E-state index contributed by atoms with van der Waals surface area (Å²) < 4.78 is 7.75. The van der Waals surface area contributed by atoms with Gasteiger partial charge in [0.05, 0.1) is 13.2 Å². The molecule has 6 nitrogen and oxygen atoms in total. The molecule has 0 saturated heterocycles. The Balaban J connectivity index is 0.00000364. The maximum Gasteiger partial charge on any atom is 0.190 e. The van der Waals surface area contributed by atoms with Crippen LogP contribution in [0.5, 0.6) is 0 Å². The summed E-state index contributed by atoms with van der Waals surface area (Å²) in [5.74, 6) is 1.69. The number of nitrogens with zero attached hydrogens (tertiary/aromatic N) is 3. The molecule has 0 bridgehead atoms. The number of guanidine groups is 1. The minimum atomic E-state index is 0. The number of halogens is 1. The van der Waals surface area contributed by atoms with Crippen LogP contribution in [0.15, 0.2) is 53.8 Å². The highest BCUT2D eigenvalue weighted by Crippen LogP contribution is 2.03. The highest BCUT2D eigenvalue weighted by atomic mass is 127. The van der Waals surface area contributed by atoms with Gasteiger partial charge in [0.2, 0.25) is 0 Å². The highest BCUT2D eigenvalue weighted by molar-refractivity contribution is 14.0. The molecule has 1 heterocycles. The quantitative estimate of drug-likeness (QED) is 0.309. The van der Waals surface area contributed by atoms with E-state index in [9.17, 15) is 0 Å². The van der Waals surface area contributed by atoms with Gasteiger partial charge in [-0.25, -0.2) is 0 Å². The number of hydrogen-bond acceptors (Lipinski definition) is 3. The Morgan fingerprint density at radius 3 is 2.44 bits per heavy atom. The predicted octanol–water partition coefficient (Wildman–Crippen LogP) is 3.16. The Hall–Kier alpha value is -1.61. The number of rotatable bonds is 10. The normalized spacial score (nSPS) is 13.5. The monoisotopic (exact) mass is 485 g/mol. The Kier molecular flexibility index (Phi) is 11.8. The zero-order valence-corrected chi connectivity index (χ0v) is 18.8. The van der Waals surface area contributed by atoms with Gasteiger partial charge in [-0.2, -0.15) is 5.10 Å². The standard InChI is InChI=1S/C20H31N5O.HI/c1-17(14-25-11-7-10-24-25)12-22-20(21-3)23-13-18(2)15-26-16-19-8-5-4-6-9-19;/h4-11,17-18H,12-16H2,1-3H3,(H2,21,22,23);1H. The van der Waals surface area contributed by atoms with Crippen molar-refractivity contribution in [3.63, 3.8) is 0 Å². The summed E-state index contributed by atoms with van der Waals surface area (Å²) in [5.41, 5.74) is 1.20. The van der Waals surface area contributed by atoms with E-state index in [4.69, 9.17) is 4.74 Å². The number of nitrogens with one attached hydrogen (secondary N) is 2. The third kappa shape index (κ3) is 9.76. The van der Waals surface area contributed by atoms with Crippen LogP contribution in [-0.2, 0) is 17.9 Å². The first-order chi connectivity index (χ1) is 12.7. The second-order valence-corrected chi connectivity index (χ2v) is 6.77. The molecule has 0 aliphatic heterocycles. The van der Waals surface area contributed by atoms with Crippen molar-refractivity contribution < 1.29 is 4.74 Å². The fourth-order valence-electron chi connectivity index (χ4n) is 2.57. The number of aliphatic imine (C=N–C) groups is 1. The van der Waals surface area contributed by atoms with Crippen LogP contribution in [0.4, 0.5) is 0 Å². The molecule has 0 amide bonds. The van der Waals surface area contributed by atoms with Crippen molar-refractivity contribution in [3.05, 3.63) is 54.4 Å². The summed E-state index contributed by atoms with van der Waals surface area (Å²) in [5, 5.41) is 11.0. The molecule has 0 spiro atoms. The third-order valence-electron chi connectivity index (χ3n) is 4.03. The topological polar surface area (TPSA) is 63.5 Å². The first kappa shape index (κ1) is 23.4. The Morgan fingerprint density at radius 2 is 1.81 bits per heavy atom. The van der Waals surface area contributed by atoms with Crippen molar-refractivity contribution in [3.8, 4) is 0 Å². The highest BCUT2D eigenvalue weighted by Gasteiger charge is 2.07. The van der Waals surface area contributed by atoms with Gasteiger partial charge in [0, 0.05) is 39.1 Å². The molecule has 0 saturated carbocycles. The molecule has 2 aromatic rings. The van der Waals surface area contributed by atoms with Crippen molar-refractivity contribution in [2.45, 2.75) is 27.0 Å². The van der Waals surface area contributed by atoms with Crippen LogP contribution in [0, 0.1) is 11.8 Å². The van der Waals surface area contributed by atoms with E-state index in [2.05, 4.69) is 46.7 Å². The van der Waals surface area contributed by atoms with E-state index in [1.807, 2.05) is 41.3 Å². The van der Waals surface area contributed by atoms with Gasteiger partial charge in [-0.15, -0.1) is 24.0 Å². The molecule has 7 heteroatoms. The Bertz CT molecular complexity index is 633. The van der Waals surface area contributed by atoms with E-state index in [0.717, 1.165) is 25.6 Å². The molecule has 0 aliphatic rings. The molecule has 0 aliphatic carbocycles. The van der Waals surface area contributed by atoms with Gasteiger partial charge >= 0.3 is 0 Å². The zero-order chi connectivity index (χ0) is 18.6.